The smallest absolute Gasteiger partial charge is 0.254 e. The van der Waals surface area contributed by atoms with E-state index >= 15 is 4.39 Å². The Morgan fingerprint density at radius 2 is 1.79 bits per heavy atom. The van der Waals surface area contributed by atoms with Crippen molar-refractivity contribution >= 4 is 17.6 Å². The zero-order valence-electron chi connectivity index (χ0n) is 22.8. The molecule has 3 N–H and O–H groups in total. The number of rotatable bonds is 7. The van der Waals surface area contributed by atoms with Gasteiger partial charge in [0.05, 0.1) is 22.9 Å². The number of nitrogens with one attached hydrogen (secondary N) is 1. The van der Waals surface area contributed by atoms with Gasteiger partial charge in [-0.1, -0.05) is 25.1 Å². The SMILES string of the molecule is CCc1cc(C)c(-c2nc(NC(C)C)ccc2C(N)=O)cc1C(=O)N1CCC(F)(c2ccc(C#N)cc2)CC1. The first-order chi connectivity index (χ1) is 18.6. The molecule has 0 aliphatic carbocycles. The minimum absolute atomic E-state index is 0.136. The van der Waals surface area contributed by atoms with E-state index in [0.717, 1.165) is 11.1 Å². The number of alkyl halides is 1. The van der Waals surface area contributed by atoms with E-state index in [0.29, 0.717) is 40.2 Å². The number of aromatic nitrogens is 1. The molecule has 3 aromatic rings. The van der Waals surface area contributed by atoms with E-state index < -0.39 is 11.6 Å². The molecule has 2 aromatic carbocycles. The number of carbonyl (C=O) groups excluding carboxylic acids is 2. The number of nitrogens with two attached hydrogens (primary N) is 1. The summed E-state index contributed by atoms with van der Waals surface area (Å²) in [5.74, 6) is -0.166. The third kappa shape index (κ3) is 5.78. The Kier molecular flexibility index (Phi) is 8.01. The highest BCUT2D eigenvalue weighted by molar-refractivity contribution is 6.01. The lowest BCUT2D eigenvalue weighted by Gasteiger charge is -2.37. The average molecular weight is 528 g/mol. The number of anilines is 1. The number of primary amides is 1. The second kappa shape index (κ2) is 11.2. The molecule has 1 saturated heterocycles. The van der Waals surface area contributed by atoms with Crippen LogP contribution in [0.2, 0.25) is 0 Å². The molecule has 0 unspecified atom stereocenters. The molecule has 0 saturated carbocycles. The van der Waals surface area contributed by atoms with Crippen LogP contribution in [-0.2, 0) is 12.1 Å². The topological polar surface area (TPSA) is 112 Å². The van der Waals surface area contributed by atoms with Gasteiger partial charge in [-0.05, 0) is 74.2 Å². The molecule has 0 radical (unpaired) electrons. The van der Waals surface area contributed by atoms with Crippen molar-refractivity contribution in [2.24, 2.45) is 5.73 Å². The molecule has 7 nitrogen and oxygen atoms in total. The maximum absolute atomic E-state index is 15.8. The molecule has 1 fully saturated rings. The minimum Gasteiger partial charge on any atom is -0.368 e. The molecular formula is C31H34FN5O2. The van der Waals surface area contributed by atoms with E-state index in [1.165, 1.54) is 0 Å². The van der Waals surface area contributed by atoms with Crippen molar-refractivity contribution in [3.05, 3.63) is 81.9 Å². The van der Waals surface area contributed by atoms with E-state index in [4.69, 9.17) is 16.0 Å². The summed E-state index contributed by atoms with van der Waals surface area (Å²) >= 11 is 0. The number of hydrogen-bond acceptors (Lipinski definition) is 5. The van der Waals surface area contributed by atoms with E-state index in [1.807, 2.05) is 33.8 Å². The van der Waals surface area contributed by atoms with Crippen molar-refractivity contribution in [3.63, 3.8) is 0 Å². The minimum atomic E-state index is -1.55. The summed E-state index contributed by atoms with van der Waals surface area (Å²) in [6.07, 6.45) is 0.974. The molecule has 39 heavy (non-hydrogen) atoms. The number of carbonyl (C=O) groups is 2. The number of nitrogens with zero attached hydrogens (tertiary/aromatic N) is 3. The highest BCUT2D eigenvalue weighted by Gasteiger charge is 2.38. The number of amides is 2. The quantitative estimate of drug-likeness (QED) is 0.421. The van der Waals surface area contributed by atoms with E-state index in [1.54, 1.807) is 47.4 Å². The van der Waals surface area contributed by atoms with Crippen molar-refractivity contribution in [3.8, 4) is 17.3 Å². The molecule has 4 rings (SSSR count). The van der Waals surface area contributed by atoms with Gasteiger partial charge in [-0.3, -0.25) is 9.59 Å². The van der Waals surface area contributed by atoms with Gasteiger partial charge in [0.25, 0.3) is 11.8 Å². The maximum atomic E-state index is 15.8. The van der Waals surface area contributed by atoms with E-state index in [-0.39, 0.29) is 43.4 Å². The molecule has 1 aliphatic heterocycles. The number of pyridine rings is 1. The fourth-order valence-electron chi connectivity index (χ4n) is 5.12. The van der Waals surface area contributed by atoms with Crippen LogP contribution >= 0.6 is 0 Å². The Hall–Kier alpha value is -4.25. The number of aryl methyl sites for hydroxylation is 2. The van der Waals surface area contributed by atoms with Crippen LogP contribution in [0.3, 0.4) is 0 Å². The predicted octanol–water partition coefficient (Wildman–Crippen LogP) is 5.51. The van der Waals surface area contributed by atoms with Gasteiger partial charge in [-0.15, -0.1) is 0 Å². The predicted molar refractivity (Wildman–Crippen MR) is 150 cm³/mol. The Morgan fingerprint density at radius 1 is 1.13 bits per heavy atom. The Bertz CT molecular complexity index is 1430. The Balaban J connectivity index is 1.66. The molecule has 0 bridgehead atoms. The van der Waals surface area contributed by atoms with Crippen molar-refractivity contribution in [2.45, 2.75) is 58.7 Å². The van der Waals surface area contributed by atoms with Crippen LogP contribution in [0.4, 0.5) is 10.2 Å². The lowest BCUT2D eigenvalue weighted by atomic mass is 9.85. The summed E-state index contributed by atoms with van der Waals surface area (Å²) in [4.78, 5) is 32.4. The maximum Gasteiger partial charge on any atom is 0.254 e. The fraction of sp³-hybridized carbons (Fsp3) is 0.355. The van der Waals surface area contributed by atoms with Crippen molar-refractivity contribution < 1.29 is 14.0 Å². The van der Waals surface area contributed by atoms with E-state index in [9.17, 15) is 9.59 Å². The molecular weight excluding hydrogens is 493 g/mol. The first kappa shape index (κ1) is 27.8. The van der Waals surface area contributed by atoms with Crippen molar-refractivity contribution in [1.29, 1.82) is 5.26 Å². The first-order valence-electron chi connectivity index (χ1n) is 13.3. The first-order valence-corrected chi connectivity index (χ1v) is 13.3. The number of hydrogen-bond donors (Lipinski definition) is 2. The normalized spacial score (nSPS) is 14.6. The van der Waals surface area contributed by atoms with Gasteiger partial charge in [0, 0.05) is 43.1 Å². The molecule has 1 aromatic heterocycles. The van der Waals surface area contributed by atoms with Crippen molar-refractivity contribution in [2.75, 3.05) is 18.4 Å². The highest BCUT2D eigenvalue weighted by atomic mass is 19.1. The van der Waals surface area contributed by atoms with Gasteiger partial charge in [0.1, 0.15) is 11.5 Å². The van der Waals surface area contributed by atoms with Gasteiger partial charge >= 0.3 is 0 Å². The molecule has 1 aliphatic rings. The number of benzene rings is 2. The number of nitriles is 1. The van der Waals surface area contributed by atoms with Gasteiger partial charge in [-0.2, -0.15) is 5.26 Å². The standard InChI is InChI=1S/C31H34FN5O2/c1-5-22-16-20(4)25(28-24(29(34)38)10-11-27(36-28)35-19(2)3)17-26(22)30(39)37-14-12-31(32,13-15-37)23-8-6-21(18-33)7-9-23/h6-11,16-17,19H,5,12-15H2,1-4H3,(H2,34,38)(H,35,36). The monoisotopic (exact) mass is 527 g/mol. The van der Waals surface area contributed by atoms with Crippen LogP contribution in [-0.4, -0.2) is 40.8 Å². The van der Waals surface area contributed by atoms with Crippen LogP contribution in [0, 0.1) is 18.3 Å². The third-order valence-electron chi connectivity index (χ3n) is 7.29. The summed E-state index contributed by atoms with van der Waals surface area (Å²) < 4.78 is 15.8. The lowest BCUT2D eigenvalue weighted by molar-refractivity contribution is 0.0420. The second-order valence-corrected chi connectivity index (χ2v) is 10.4. The molecule has 2 amide bonds. The van der Waals surface area contributed by atoms with Crippen LogP contribution in [0.25, 0.3) is 11.3 Å². The van der Waals surface area contributed by atoms with Gasteiger partial charge in [0.2, 0.25) is 0 Å². The number of piperidine rings is 1. The zero-order chi connectivity index (χ0) is 28.3. The van der Waals surface area contributed by atoms with Gasteiger partial charge in [0.15, 0.2) is 0 Å². The number of likely N-dealkylation sites (tertiary alicyclic amines) is 1. The molecule has 2 heterocycles. The second-order valence-electron chi connectivity index (χ2n) is 10.4. The average Bonchev–Trinajstić information content (AvgIpc) is 2.92. The molecule has 202 valence electrons. The highest BCUT2D eigenvalue weighted by Crippen LogP contribution is 2.38. The molecule has 0 atom stereocenters. The number of halogens is 1. The van der Waals surface area contributed by atoms with Gasteiger partial charge in [-0.25, -0.2) is 9.37 Å². The fourth-order valence-corrected chi connectivity index (χ4v) is 5.12. The summed E-state index contributed by atoms with van der Waals surface area (Å²) in [5.41, 5.74) is 8.77. The Labute approximate surface area is 228 Å². The molecule has 0 spiro atoms. The summed E-state index contributed by atoms with van der Waals surface area (Å²) in [5, 5.41) is 12.3. The van der Waals surface area contributed by atoms with Crippen LogP contribution in [0.1, 0.15) is 76.6 Å². The summed E-state index contributed by atoms with van der Waals surface area (Å²) in [7, 11) is 0. The summed E-state index contributed by atoms with van der Waals surface area (Å²) in [6.45, 7) is 8.43. The van der Waals surface area contributed by atoms with Crippen LogP contribution in [0.15, 0.2) is 48.5 Å². The van der Waals surface area contributed by atoms with Gasteiger partial charge < -0.3 is 16.0 Å². The summed E-state index contributed by atoms with van der Waals surface area (Å²) in [6, 6.07) is 15.9. The molecule has 8 heteroatoms. The lowest BCUT2D eigenvalue weighted by Crippen LogP contribution is -2.43. The van der Waals surface area contributed by atoms with Crippen LogP contribution in [0.5, 0.6) is 0 Å². The van der Waals surface area contributed by atoms with Crippen molar-refractivity contribution in [1.82, 2.24) is 9.88 Å². The van der Waals surface area contributed by atoms with Crippen LogP contribution < -0.4 is 11.1 Å². The third-order valence-corrected chi connectivity index (χ3v) is 7.29. The van der Waals surface area contributed by atoms with E-state index in [2.05, 4.69) is 11.4 Å². The largest absolute Gasteiger partial charge is 0.368 e. The zero-order valence-corrected chi connectivity index (χ0v) is 22.8. The Morgan fingerprint density at radius 3 is 2.36 bits per heavy atom.